The summed E-state index contributed by atoms with van der Waals surface area (Å²) in [6, 6.07) is 9.87. The SMILES string of the molecule is Cc1cc(O)cc(C)c1CC(NC(=O)C(N)CCCN=C(N)N)C(=O)NC(Cc1cnc[nH]1)c1nc(-c2ccccc2)no1. The van der Waals surface area contributed by atoms with Crippen molar-refractivity contribution >= 4 is 17.8 Å². The zero-order valence-corrected chi connectivity index (χ0v) is 24.7. The van der Waals surface area contributed by atoms with Gasteiger partial charge in [0.15, 0.2) is 5.96 Å². The minimum absolute atomic E-state index is 0.0405. The summed E-state index contributed by atoms with van der Waals surface area (Å²) in [4.78, 5) is 42.7. The topological polar surface area (TPSA) is 236 Å². The Bertz CT molecular complexity index is 1540. The van der Waals surface area contributed by atoms with Crippen LogP contribution in [0.25, 0.3) is 11.4 Å². The lowest BCUT2D eigenvalue weighted by Gasteiger charge is -2.24. The predicted octanol–water partition coefficient (Wildman–Crippen LogP) is 1.29. The van der Waals surface area contributed by atoms with Crippen molar-refractivity contribution in [2.75, 3.05) is 6.54 Å². The van der Waals surface area contributed by atoms with Crippen molar-refractivity contribution in [3.63, 3.8) is 0 Å². The lowest BCUT2D eigenvalue weighted by atomic mass is 9.95. The number of rotatable bonds is 14. The van der Waals surface area contributed by atoms with Gasteiger partial charge in [0, 0.05) is 36.8 Å². The predicted molar refractivity (Wildman–Crippen MR) is 164 cm³/mol. The van der Waals surface area contributed by atoms with E-state index in [1.165, 1.54) is 6.33 Å². The van der Waals surface area contributed by atoms with E-state index < -0.39 is 29.9 Å². The molecule has 232 valence electrons. The molecule has 14 heteroatoms. The second-order valence-electron chi connectivity index (χ2n) is 10.5. The zero-order chi connectivity index (χ0) is 31.6. The molecule has 0 aliphatic carbocycles. The average Bonchev–Trinajstić information content (AvgIpc) is 3.69. The number of aromatic hydroxyl groups is 1. The maximum absolute atomic E-state index is 13.9. The van der Waals surface area contributed by atoms with Crippen LogP contribution in [0.4, 0.5) is 0 Å². The van der Waals surface area contributed by atoms with Gasteiger partial charge < -0.3 is 42.4 Å². The Hall–Kier alpha value is -5.24. The van der Waals surface area contributed by atoms with E-state index in [1.807, 2.05) is 44.2 Å². The molecule has 0 fully saturated rings. The first-order chi connectivity index (χ1) is 21.1. The van der Waals surface area contributed by atoms with Crippen LogP contribution in [-0.4, -0.2) is 61.6 Å². The fourth-order valence-corrected chi connectivity index (χ4v) is 4.80. The largest absolute Gasteiger partial charge is 0.508 e. The number of nitrogens with one attached hydrogen (secondary N) is 3. The number of nitrogens with two attached hydrogens (primary N) is 3. The van der Waals surface area contributed by atoms with Gasteiger partial charge in [-0.3, -0.25) is 14.6 Å². The van der Waals surface area contributed by atoms with E-state index in [0.29, 0.717) is 25.2 Å². The van der Waals surface area contributed by atoms with Crippen molar-refractivity contribution in [1.29, 1.82) is 0 Å². The minimum atomic E-state index is -1.02. The number of guanidine groups is 1. The first-order valence-corrected chi connectivity index (χ1v) is 14.2. The van der Waals surface area contributed by atoms with Gasteiger partial charge in [-0.05, 0) is 55.5 Å². The molecule has 2 aromatic heterocycles. The van der Waals surface area contributed by atoms with E-state index in [-0.39, 0.29) is 30.4 Å². The van der Waals surface area contributed by atoms with Crippen LogP contribution in [0.15, 0.2) is 64.5 Å². The van der Waals surface area contributed by atoms with Gasteiger partial charge in [-0.2, -0.15) is 4.98 Å². The number of hydrogen-bond donors (Lipinski definition) is 7. The van der Waals surface area contributed by atoms with E-state index in [1.54, 1.807) is 18.3 Å². The van der Waals surface area contributed by atoms with Crippen molar-refractivity contribution < 1.29 is 19.2 Å². The van der Waals surface area contributed by atoms with Gasteiger partial charge in [-0.1, -0.05) is 35.5 Å². The van der Waals surface area contributed by atoms with Gasteiger partial charge in [-0.25, -0.2) is 4.98 Å². The molecule has 0 aliphatic rings. The van der Waals surface area contributed by atoms with Gasteiger partial charge in [0.05, 0.1) is 12.4 Å². The van der Waals surface area contributed by atoms with Crippen LogP contribution in [0.3, 0.4) is 0 Å². The highest BCUT2D eigenvalue weighted by Gasteiger charge is 2.30. The molecule has 0 saturated carbocycles. The number of aromatic amines is 1. The fraction of sp³-hybridized carbons (Fsp3) is 0.333. The number of phenolic OH excluding ortho intramolecular Hbond substituents is 1. The Morgan fingerprint density at radius 1 is 1.07 bits per heavy atom. The van der Waals surface area contributed by atoms with Crippen LogP contribution in [0.1, 0.15) is 47.2 Å². The number of imidazole rings is 1. The number of carbonyl (C=O) groups excluding carboxylic acids is 2. The molecule has 2 amide bonds. The molecule has 4 rings (SSSR count). The van der Waals surface area contributed by atoms with E-state index in [2.05, 4.69) is 35.7 Å². The van der Waals surface area contributed by atoms with Crippen LogP contribution in [-0.2, 0) is 22.4 Å². The number of benzene rings is 2. The number of amides is 2. The Kier molecular flexibility index (Phi) is 10.6. The number of aromatic nitrogens is 4. The van der Waals surface area contributed by atoms with Crippen LogP contribution >= 0.6 is 0 Å². The molecular weight excluding hydrogens is 564 g/mol. The summed E-state index contributed by atoms with van der Waals surface area (Å²) >= 11 is 0. The highest BCUT2D eigenvalue weighted by Crippen LogP contribution is 2.24. The summed E-state index contributed by atoms with van der Waals surface area (Å²) < 4.78 is 5.60. The summed E-state index contributed by atoms with van der Waals surface area (Å²) in [6.07, 6.45) is 4.37. The molecule has 0 spiro atoms. The second kappa shape index (κ2) is 14.8. The van der Waals surface area contributed by atoms with Crippen molar-refractivity contribution in [2.24, 2.45) is 22.2 Å². The average molecular weight is 603 g/mol. The minimum Gasteiger partial charge on any atom is -0.508 e. The normalized spacial score (nSPS) is 13.1. The Balaban J connectivity index is 1.58. The standard InChI is InChI=1S/C30H38N10O4/c1-17-11-21(41)12-18(2)22(17)14-24(37-27(42)23(31)9-6-10-35-30(32)33)28(43)38-25(13-20-15-34-16-36-20)29-39-26(40-44-29)19-7-4-3-5-8-19/h3-5,7-8,11-12,15-16,23-25,41H,6,9-10,13-14,31H2,1-2H3,(H,34,36)(H,37,42)(H,38,43)(H4,32,33,35). The Morgan fingerprint density at radius 3 is 2.45 bits per heavy atom. The number of hydrogen-bond acceptors (Lipinski definition) is 9. The molecule has 2 aromatic carbocycles. The van der Waals surface area contributed by atoms with Crippen LogP contribution in [0, 0.1) is 13.8 Å². The highest BCUT2D eigenvalue weighted by molar-refractivity contribution is 5.90. The van der Waals surface area contributed by atoms with E-state index in [9.17, 15) is 14.7 Å². The molecule has 2 heterocycles. The van der Waals surface area contributed by atoms with Gasteiger partial charge >= 0.3 is 0 Å². The number of carbonyl (C=O) groups is 2. The maximum Gasteiger partial charge on any atom is 0.249 e. The first-order valence-electron chi connectivity index (χ1n) is 14.2. The number of H-pyrrole nitrogens is 1. The van der Waals surface area contributed by atoms with Gasteiger partial charge in [0.25, 0.3) is 0 Å². The first kappa shape index (κ1) is 31.7. The molecule has 44 heavy (non-hydrogen) atoms. The molecule has 0 aliphatic heterocycles. The van der Waals surface area contributed by atoms with E-state index >= 15 is 0 Å². The molecule has 3 unspecified atom stereocenters. The molecule has 14 nitrogen and oxygen atoms in total. The molecule has 10 N–H and O–H groups in total. The van der Waals surface area contributed by atoms with Crippen molar-refractivity contribution in [1.82, 2.24) is 30.7 Å². The van der Waals surface area contributed by atoms with Crippen molar-refractivity contribution in [3.05, 3.63) is 83.3 Å². The van der Waals surface area contributed by atoms with Crippen LogP contribution in [0.5, 0.6) is 5.75 Å². The summed E-state index contributed by atoms with van der Waals surface area (Å²) in [6.45, 7) is 3.99. The fourth-order valence-electron chi connectivity index (χ4n) is 4.80. The summed E-state index contributed by atoms with van der Waals surface area (Å²) in [5, 5.41) is 20.0. The zero-order valence-electron chi connectivity index (χ0n) is 24.7. The van der Waals surface area contributed by atoms with Gasteiger partial charge in [0.1, 0.15) is 17.8 Å². The lowest BCUT2D eigenvalue weighted by Crippen LogP contribution is -2.53. The monoisotopic (exact) mass is 602 g/mol. The lowest BCUT2D eigenvalue weighted by molar-refractivity contribution is -0.130. The third-order valence-corrected chi connectivity index (χ3v) is 7.09. The molecule has 3 atom stereocenters. The second-order valence-corrected chi connectivity index (χ2v) is 10.5. The number of aliphatic imine (C=N–C) groups is 1. The number of phenols is 1. The molecule has 4 aromatic rings. The molecule has 0 bridgehead atoms. The van der Waals surface area contributed by atoms with Crippen molar-refractivity contribution in [3.8, 4) is 17.1 Å². The van der Waals surface area contributed by atoms with E-state index in [0.717, 1.165) is 27.9 Å². The van der Waals surface area contributed by atoms with E-state index in [4.69, 9.17) is 21.7 Å². The highest BCUT2D eigenvalue weighted by atomic mass is 16.5. The summed E-state index contributed by atoms with van der Waals surface area (Å²) in [5.74, 6) is -0.357. The quantitative estimate of drug-likeness (QED) is 0.0620. The molecule has 0 radical (unpaired) electrons. The van der Waals surface area contributed by atoms with Crippen LogP contribution < -0.4 is 27.8 Å². The van der Waals surface area contributed by atoms with Gasteiger partial charge in [-0.15, -0.1) is 0 Å². The third kappa shape index (κ3) is 8.64. The van der Waals surface area contributed by atoms with Crippen molar-refractivity contribution in [2.45, 2.75) is 57.7 Å². The number of aryl methyl sites for hydroxylation is 2. The smallest absolute Gasteiger partial charge is 0.249 e. The number of nitrogens with zero attached hydrogens (tertiary/aromatic N) is 4. The summed E-state index contributed by atoms with van der Waals surface area (Å²) in [7, 11) is 0. The van der Waals surface area contributed by atoms with Gasteiger partial charge in [0.2, 0.25) is 23.5 Å². The third-order valence-electron chi connectivity index (χ3n) is 7.09. The molecular formula is C30H38N10O4. The van der Waals surface area contributed by atoms with Crippen LogP contribution in [0.2, 0.25) is 0 Å². The summed E-state index contributed by atoms with van der Waals surface area (Å²) in [5.41, 5.74) is 20.7. The molecule has 0 saturated heterocycles. The maximum atomic E-state index is 13.9. The Morgan fingerprint density at radius 2 is 1.80 bits per heavy atom. The Labute approximate surface area is 254 Å².